The van der Waals surface area contributed by atoms with E-state index in [-0.39, 0.29) is 24.2 Å². The van der Waals surface area contributed by atoms with E-state index in [1.807, 2.05) is 13.0 Å². The van der Waals surface area contributed by atoms with Crippen molar-refractivity contribution in [2.75, 3.05) is 6.79 Å². The molecule has 1 aromatic rings. The minimum Gasteiger partial charge on any atom is -0.457 e. The second-order valence-electron chi connectivity index (χ2n) is 7.85. The van der Waals surface area contributed by atoms with Crippen molar-refractivity contribution in [3.63, 3.8) is 0 Å². The van der Waals surface area contributed by atoms with Crippen LogP contribution in [0.4, 0.5) is 0 Å². The van der Waals surface area contributed by atoms with Gasteiger partial charge in [0.05, 0.1) is 0 Å². The van der Waals surface area contributed by atoms with Crippen LogP contribution in [0.3, 0.4) is 0 Å². The van der Waals surface area contributed by atoms with E-state index in [4.69, 9.17) is 15.2 Å². The number of benzene rings is 1. The van der Waals surface area contributed by atoms with E-state index < -0.39 is 0 Å². The Morgan fingerprint density at radius 1 is 1.32 bits per heavy atom. The molecule has 2 aliphatic carbocycles. The SMILES string of the molecule is CCCC(=O)OCOc1ccc2c(c1)[C@@]1(C)CCCCC[C@@H](C2)[C@@H]1N. The molecular formula is C21H31NO3. The van der Waals surface area contributed by atoms with E-state index in [9.17, 15) is 4.79 Å². The summed E-state index contributed by atoms with van der Waals surface area (Å²) in [7, 11) is 0. The summed E-state index contributed by atoms with van der Waals surface area (Å²) in [6.45, 7) is 4.25. The lowest BCUT2D eigenvalue weighted by molar-refractivity contribution is -0.150. The van der Waals surface area contributed by atoms with Gasteiger partial charge in [-0.3, -0.25) is 4.79 Å². The summed E-state index contributed by atoms with van der Waals surface area (Å²) in [6.07, 6.45) is 8.49. The highest BCUT2D eigenvalue weighted by molar-refractivity contribution is 5.69. The number of rotatable bonds is 5. The van der Waals surface area contributed by atoms with Crippen LogP contribution < -0.4 is 10.5 Å². The molecular weight excluding hydrogens is 314 g/mol. The van der Waals surface area contributed by atoms with Gasteiger partial charge in [0.1, 0.15) is 5.75 Å². The van der Waals surface area contributed by atoms with Crippen LogP contribution in [0.15, 0.2) is 18.2 Å². The number of carbonyl (C=O) groups is 1. The number of fused-ring (bicyclic) bond motifs is 4. The van der Waals surface area contributed by atoms with Crippen LogP contribution in [0.2, 0.25) is 0 Å². The van der Waals surface area contributed by atoms with Crippen molar-refractivity contribution in [2.24, 2.45) is 11.7 Å². The van der Waals surface area contributed by atoms with Gasteiger partial charge in [-0.05, 0) is 54.9 Å². The predicted molar refractivity (Wildman–Crippen MR) is 98.5 cm³/mol. The van der Waals surface area contributed by atoms with Crippen LogP contribution in [0.25, 0.3) is 0 Å². The first-order valence-electron chi connectivity index (χ1n) is 9.72. The maximum atomic E-state index is 11.5. The highest BCUT2D eigenvalue weighted by atomic mass is 16.7. The predicted octanol–water partition coefficient (Wildman–Crippen LogP) is 4.09. The van der Waals surface area contributed by atoms with Gasteiger partial charge in [-0.15, -0.1) is 0 Å². The van der Waals surface area contributed by atoms with Crippen LogP contribution >= 0.6 is 0 Å². The van der Waals surface area contributed by atoms with Gasteiger partial charge in [-0.2, -0.15) is 0 Å². The zero-order valence-electron chi connectivity index (χ0n) is 15.6. The Morgan fingerprint density at radius 2 is 2.16 bits per heavy atom. The van der Waals surface area contributed by atoms with Crippen molar-refractivity contribution in [1.29, 1.82) is 0 Å². The summed E-state index contributed by atoms with van der Waals surface area (Å²) in [5.74, 6) is 1.13. The smallest absolute Gasteiger partial charge is 0.308 e. The number of hydrogen-bond donors (Lipinski definition) is 1. The first-order chi connectivity index (χ1) is 12.0. The van der Waals surface area contributed by atoms with Gasteiger partial charge < -0.3 is 15.2 Å². The molecule has 2 aliphatic rings. The number of nitrogens with two attached hydrogens (primary N) is 1. The largest absolute Gasteiger partial charge is 0.457 e. The molecule has 0 aliphatic heterocycles. The summed E-state index contributed by atoms with van der Waals surface area (Å²) in [5.41, 5.74) is 9.46. The quantitative estimate of drug-likeness (QED) is 0.645. The molecule has 0 saturated heterocycles. The zero-order chi connectivity index (χ0) is 17.9. The molecule has 1 aromatic carbocycles. The topological polar surface area (TPSA) is 61.5 Å². The van der Waals surface area contributed by atoms with Crippen molar-refractivity contribution in [1.82, 2.24) is 0 Å². The first-order valence-corrected chi connectivity index (χ1v) is 9.72. The molecule has 3 rings (SSSR count). The Labute approximate surface area is 151 Å². The van der Waals surface area contributed by atoms with Crippen LogP contribution in [0.1, 0.15) is 69.9 Å². The van der Waals surface area contributed by atoms with E-state index in [1.165, 1.54) is 36.8 Å². The van der Waals surface area contributed by atoms with Crippen molar-refractivity contribution >= 4 is 5.97 Å². The average Bonchev–Trinajstić information content (AvgIpc) is 2.59. The first kappa shape index (κ1) is 18.2. The number of ether oxygens (including phenoxy) is 2. The third kappa shape index (κ3) is 3.84. The fraction of sp³-hybridized carbons (Fsp3) is 0.667. The lowest BCUT2D eigenvalue weighted by Gasteiger charge is -2.47. The normalized spacial score (nSPS) is 28.4. The van der Waals surface area contributed by atoms with Crippen molar-refractivity contribution in [3.8, 4) is 5.75 Å². The molecule has 3 atom stereocenters. The monoisotopic (exact) mass is 345 g/mol. The minimum absolute atomic E-state index is 0.0108. The van der Waals surface area contributed by atoms with E-state index in [2.05, 4.69) is 19.1 Å². The van der Waals surface area contributed by atoms with Crippen LogP contribution in [-0.4, -0.2) is 18.8 Å². The molecule has 4 heteroatoms. The number of carbonyl (C=O) groups excluding carboxylic acids is 1. The zero-order valence-corrected chi connectivity index (χ0v) is 15.6. The van der Waals surface area contributed by atoms with E-state index in [0.717, 1.165) is 25.0 Å². The summed E-state index contributed by atoms with van der Waals surface area (Å²) in [4.78, 5) is 11.5. The van der Waals surface area contributed by atoms with E-state index in [1.54, 1.807) is 0 Å². The molecule has 2 bridgehead atoms. The van der Waals surface area contributed by atoms with Gasteiger partial charge in [-0.25, -0.2) is 0 Å². The van der Waals surface area contributed by atoms with E-state index in [0.29, 0.717) is 12.3 Å². The Kier molecular flexibility index (Phi) is 5.67. The second-order valence-corrected chi connectivity index (χ2v) is 7.85. The molecule has 1 saturated carbocycles. The second kappa shape index (κ2) is 7.77. The lowest BCUT2D eigenvalue weighted by Crippen LogP contribution is -2.52. The maximum absolute atomic E-state index is 11.5. The number of hydrogen-bond acceptors (Lipinski definition) is 4. The fourth-order valence-electron chi connectivity index (χ4n) is 4.56. The third-order valence-corrected chi connectivity index (χ3v) is 6.09. The van der Waals surface area contributed by atoms with Crippen molar-refractivity contribution < 1.29 is 14.3 Å². The molecule has 0 amide bonds. The van der Waals surface area contributed by atoms with Gasteiger partial charge in [0.2, 0.25) is 6.79 Å². The molecule has 0 heterocycles. The Balaban J connectivity index is 1.77. The Bertz CT molecular complexity index is 615. The molecule has 1 fully saturated rings. The summed E-state index contributed by atoms with van der Waals surface area (Å²) < 4.78 is 10.8. The maximum Gasteiger partial charge on any atom is 0.308 e. The molecule has 2 N–H and O–H groups in total. The highest BCUT2D eigenvalue weighted by Gasteiger charge is 2.43. The van der Waals surface area contributed by atoms with Gasteiger partial charge >= 0.3 is 5.97 Å². The summed E-state index contributed by atoms with van der Waals surface area (Å²) >= 11 is 0. The Morgan fingerprint density at radius 3 is 2.96 bits per heavy atom. The van der Waals surface area contributed by atoms with Gasteiger partial charge in [0.15, 0.2) is 0 Å². The van der Waals surface area contributed by atoms with Crippen LogP contribution in [-0.2, 0) is 21.4 Å². The van der Waals surface area contributed by atoms with Gasteiger partial charge in [-0.1, -0.05) is 39.2 Å². The standard InChI is InChI=1S/C21H31NO3/c1-3-7-19(23)25-14-24-17-10-9-15-12-16-8-5-4-6-11-21(2,20(16)22)18(15)13-17/h9-10,13,16,20H,3-8,11-12,14,22H2,1-2H3/t16-,20-,21+/m0/s1. The minimum atomic E-state index is -0.211. The van der Waals surface area contributed by atoms with Crippen LogP contribution in [0, 0.1) is 5.92 Å². The summed E-state index contributed by atoms with van der Waals surface area (Å²) in [5, 5.41) is 0. The molecule has 0 spiro atoms. The third-order valence-electron chi connectivity index (χ3n) is 6.09. The van der Waals surface area contributed by atoms with Gasteiger partial charge in [0, 0.05) is 17.9 Å². The van der Waals surface area contributed by atoms with E-state index >= 15 is 0 Å². The lowest BCUT2D eigenvalue weighted by atomic mass is 9.60. The molecule has 0 unspecified atom stereocenters. The van der Waals surface area contributed by atoms with Crippen LogP contribution in [0.5, 0.6) is 5.75 Å². The molecule has 0 radical (unpaired) electrons. The molecule has 0 aromatic heterocycles. The Hall–Kier alpha value is -1.55. The number of esters is 1. The van der Waals surface area contributed by atoms with Crippen molar-refractivity contribution in [2.45, 2.75) is 76.7 Å². The van der Waals surface area contributed by atoms with Gasteiger partial charge in [0.25, 0.3) is 0 Å². The summed E-state index contributed by atoms with van der Waals surface area (Å²) in [6, 6.07) is 6.50. The molecule has 25 heavy (non-hydrogen) atoms. The highest BCUT2D eigenvalue weighted by Crippen LogP contribution is 2.46. The van der Waals surface area contributed by atoms with Crippen molar-refractivity contribution in [3.05, 3.63) is 29.3 Å². The molecule has 4 nitrogen and oxygen atoms in total. The molecule has 138 valence electrons. The average molecular weight is 345 g/mol. The fourth-order valence-corrected chi connectivity index (χ4v) is 4.56.